The third-order valence-electron chi connectivity index (χ3n) is 3.82. The van der Waals surface area contributed by atoms with Gasteiger partial charge in [0.1, 0.15) is 5.82 Å². The molecule has 0 atom stereocenters. The van der Waals surface area contributed by atoms with Crippen LogP contribution in [0.2, 0.25) is 0 Å². The number of aromatic nitrogens is 1. The Hall–Kier alpha value is -1.62. The van der Waals surface area contributed by atoms with Crippen molar-refractivity contribution in [2.45, 2.75) is 12.8 Å². The van der Waals surface area contributed by atoms with Crippen LogP contribution < -0.4 is 10.2 Å². The van der Waals surface area contributed by atoms with Crippen molar-refractivity contribution in [3.63, 3.8) is 0 Å². The fraction of sp³-hybridized carbons (Fsp3) is 0.571. The largest absolute Gasteiger partial charge is 0.368 e. The molecule has 0 aromatic carbocycles. The number of amides is 1. The lowest BCUT2D eigenvalue weighted by atomic mass is 10.3. The summed E-state index contributed by atoms with van der Waals surface area (Å²) in [7, 11) is 2.14. The molecule has 0 bridgehead atoms. The van der Waals surface area contributed by atoms with E-state index in [0.29, 0.717) is 5.82 Å². The molecule has 1 aromatic rings. The average Bonchev–Trinajstić information content (AvgIpc) is 3.25. The van der Waals surface area contributed by atoms with E-state index < -0.39 is 0 Å². The van der Waals surface area contributed by atoms with Gasteiger partial charge in [-0.3, -0.25) is 4.79 Å². The maximum Gasteiger partial charge on any atom is 0.228 e. The molecule has 5 heteroatoms. The summed E-state index contributed by atoms with van der Waals surface area (Å²) in [6, 6.07) is 3.94. The minimum atomic E-state index is 0.111. The van der Waals surface area contributed by atoms with Crippen molar-refractivity contribution in [2.24, 2.45) is 5.92 Å². The molecule has 102 valence electrons. The van der Waals surface area contributed by atoms with Gasteiger partial charge in [-0.05, 0) is 32.0 Å². The molecule has 2 aliphatic rings. The van der Waals surface area contributed by atoms with Gasteiger partial charge in [-0.25, -0.2) is 4.98 Å². The minimum absolute atomic E-state index is 0.111. The first-order valence-corrected chi connectivity index (χ1v) is 6.93. The number of nitrogens with one attached hydrogen (secondary N) is 1. The highest BCUT2D eigenvalue weighted by molar-refractivity contribution is 5.93. The Bertz CT molecular complexity index is 447. The molecule has 5 nitrogen and oxygen atoms in total. The van der Waals surface area contributed by atoms with E-state index in [1.165, 1.54) is 0 Å². The van der Waals surface area contributed by atoms with Gasteiger partial charge in [0, 0.05) is 32.1 Å². The van der Waals surface area contributed by atoms with Gasteiger partial charge in [0.25, 0.3) is 0 Å². The summed E-state index contributed by atoms with van der Waals surface area (Å²) in [4.78, 5) is 20.6. The van der Waals surface area contributed by atoms with Gasteiger partial charge in [-0.1, -0.05) is 0 Å². The Morgan fingerprint density at radius 3 is 2.58 bits per heavy atom. The number of hydrogen-bond donors (Lipinski definition) is 1. The number of carbonyl (C=O) groups is 1. The Balaban J connectivity index is 1.60. The summed E-state index contributed by atoms with van der Waals surface area (Å²) in [5.74, 6) is 0.994. The highest BCUT2D eigenvalue weighted by Crippen LogP contribution is 2.30. The van der Waals surface area contributed by atoms with Crippen molar-refractivity contribution in [3.05, 3.63) is 18.3 Å². The van der Waals surface area contributed by atoms with Crippen LogP contribution in [0.25, 0.3) is 0 Å². The number of anilines is 2. The number of likely N-dealkylation sites (N-methyl/N-ethyl adjacent to an activating group) is 1. The van der Waals surface area contributed by atoms with Crippen LogP contribution >= 0.6 is 0 Å². The molecule has 1 amide bonds. The summed E-state index contributed by atoms with van der Waals surface area (Å²) >= 11 is 0. The van der Waals surface area contributed by atoms with Crippen LogP contribution in [0.4, 0.5) is 11.5 Å². The molecule has 1 saturated heterocycles. The number of nitrogens with zero attached hydrogens (tertiary/aromatic N) is 3. The van der Waals surface area contributed by atoms with Crippen molar-refractivity contribution >= 4 is 17.4 Å². The molecule has 0 radical (unpaired) electrons. The predicted octanol–water partition coefficient (Wildman–Crippen LogP) is 1.18. The molecule has 1 saturated carbocycles. The van der Waals surface area contributed by atoms with Crippen molar-refractivity contribution in [2.75, 3.05) is 43.4 Å². The van der Waals surface area contributed by atoms with Crippen molar-refractivity contribution in [1.82, 2.24) is 9.88 Å². The lowest BCUT2D eigenvalue weighted by molar-refractivity contribution is -0.117. The average molecular weight is 260 g/mol. The lowest BCUT2D eigenvalue weighted by Crippen LogP contribution is -2.44. The zero-order chi connectivity index (χ0) is 13.2. The van der Waals surface area contributed by atoms with Gasteiger partial charge in [-0.15, -0.1) is 0 Å². The van der Waals surface area contributed by atoms with E-state index in [1.54, 1.807) is 0 Å². The lowest BCUT2D eigenvalue weighted by Gasteiger charge is -2.33. The second kappa shape index (κ2) is 5.17. The molecule has 0 spiro atoms. The molecule has 1 N–H and O–H groups in total. The zero-order valence-electron chi connectivity index (χ0n) is 11.3. The first-order chi connectivity index (χ1) is 9.22. The molecule has 19 heavy (non-hydrogen) atoms. The number of rotatable bonds is 3. The van der Waals surface area contributed by atoms with E-state index >= 15 is 0 Å². The fourth-order valence-electron chi connectivity index (χ4n) is 2.29. The minimum Gasteiger partial charge on any atom is -0.368 e. The SMILES string of the molecule is CN1CCN(c2ccc(NC(=O)C3CC3)nc2)CC1. The van der Waals surface area contributed by atoms with Gasteiger partial charge in [0.15, 0.2) is 0 Å². The molecule has 3 rings (SSSR count). The van der Waals surface area contributed by atoms with Crippen molar-refractivity contribution in [1.29, 1.82) is 0 Å². The summed E-state index contributed by atoms with van der Waals surface area (Å²) in [6.45, 7) is 4.23. The molecule has 1 aliphatic heterocycles. The van der Waals surface area contributed by atoms with Crippen LogP contribution in [0.3, 0.4) is 0 Å². The molecule has 0 unspecified atom stereocenters. The van der Waals surface area contributed by atoms with Gasteiger partial charge in [0.2, 0.25) is 5.91 Å². The highest BCUT2D eigenvalue weighted by atomic mass is 16.2. The second-order valence-electron chi connectivity index (χ2n) is 5.46. The van der Waals surface area contributed by atoms with Crippen molar-refractivity contribution < 1.29 is 4.79 Å². The maximum atomic E-state index is 11.6. The first-order valence-electron chi connectivity index (χ1n) is 6.93. The number of piperazine rings is 1. The first kappa shape index (κ1) is 12.4. The number of carbonyl (C=O) groups excluding carboxylic acids is 1. The molecular weight excluding hydrogens is 240 g/mol. The van der Waals surface area contributed by atoms with Gasteiger partial charge >= 0.3 is 0 Å². The molecule has 1 aliphatic carbocycles. The highest BCUT2D eigenvalue weighted by Gasteiger charge is 2.29. The van der Waals surface area contributed by atoms with Crippen LogP contribution in [0, 0.1) is 5.92 Å². The number of hydrogen-bond acceptors (Lipinski definition) is 4. The predicted molar refractivity (Wildman–Crippen MR) is 75.3 cm³/mol. The van der Waals surface area contributed by atoms with Gasteiger partial charge < -0.3 is 15.1 Å². The van der Waals surface area contributed by atoms with E-state index in [2.05, 4.69) is 27.1 Å². The summed E-state index contributed by atoms with van der Waals surface area (Å²) < 4.78 is 0. The van der Waals surface area contributed by atoms with E-state index in [-0.39, 0.29) is 11.8 Å². The van der Waals surface area contributed by atoms with Crippen LogP contribution in [0.1, 0.15) is 12.8 Å². The van der Waals surface area contributed by atoms with Crippen LogP contribution in [0.15, 0.2) is 18.3 Å². The Labute approximate surface area is 113 Å². The molecule has 2 fully saturated rings. The van der Waals surface area contributed by atoms with E-state index in [9.17, 15) is 4.79 Å². The molecule has 2 heterocycles. The Morgan fingerprint density at radius 1 is 1.26 bits per heavy atom. The summed E-state index contributed by atoms with van der Waals surface area (Å²) in [6.07, 6.45) is 3.89. The Kier molecular flexibility index (Phi) is 3.38. The molecular formula is C14H20N4O. The topological polar surface area (TPSA) is 48.5 Å². The molecule has 1 aromatic heterocycles. The normalized spacial score (nSPS) is 20.4. The summed E-state index contributed by atoms with van der Waals surface area (Å²) in [5, 5.41) is 2.86. The van der Waals surface area contributed by atoms with Crippen LogP contribution in [-0.2, 0) is 4.79 Å². The monoisotopic (exact) mass is 260 g/mol. The third kappa shape index (κ3) is 3.04. The van der Waals surface area contributed by atoms with E-state index in [4.69, 9.17) is 0 Å². The summed E-state index contributed by atoms with van der Waals surface area (Å²) in [5.41, 5.74) is 1.14. The van der Waals surface area contributed by atoms with Crippen LogP contribution in [0.5, 0.6) is 0 Å². The Morgan fingerprint density at radius 2 is 2.00 bits per heavy atom. The second-order valence-corrected chi connectivity index (χ2v) is 5.46. The van der Waals surface area contributed by atoms with Gasteiger partial charge in [-0.2, -0.15) is 0 Å². The van der Waals surface area contributed by atoms with E-state index in [0.717, 1.165) is 44.7 Å². The quantitative estimate of drug-likeness (QED) is 0.886. The maximum absolute atomic E-state index is 11.6. The van der Waals surface area contributed by atoms with Crippen molar-refractivity contribution in [3.8, 4) is 0 Å². The fourth-order valence-corrected chi connectivity index (χ4v) is 2.29. The third-order valence-corrected chi connectivity index (χ3v) is 3.82. The smallest absolute Gasteiger partial charge is 0.228 e. The zero-order valence-corrected chi connectivity index (χ0v) is 11.3. The van der Waals surface area contributed by atoms with Crippen LogP contribution in [-0.4, -0.2) is 49.0 Å². The van der Waals surface area contributed by atoms with E-state index in [1.807, 2.05) is 18.3 Å². The number of pyridine rings is 1. The standard InChI is InChI=1S/C14H20N4O/c1-17-6-8-18(9-7-17)12-4-5-13(15-10-12)16-14(19)11-2-3-11/h4-5,10-11H,2-3,6-9H2,1H3,(H,15,16,19). The van der Waals surface area contributed by atoms with Gasteiger partial charge in [0.05, 0.1) is 11.9 Å².